The molecule has 1 atom stereocenters. The minimum Gasteiger partial charge on any atom is -0.354 e. The van der Waals surface area contributed by atoms with Crippen molar-refractivity contribution in [3.05, 3.63) is 51.2 Å². The average molecular weight is 362 g/mol. The number of ether oxygens (including phenoxy) is 2. The summed E-state index contributed by atoms with van der Waals surface area (Å²) in [7, 11) is 2.95. The van der Waals surface area contributed by atoms with Crippen LogP contribution in [0.2, 0.25) is 0 Å². The second-order valence-corrected chi connectivity index (χ2v) is 5.86. The van der Waals surface area contributed by atoms with Gasteiger partial charge in [0.1, 0.15) is 0 Å². The molecular formula is C16H18N4O6. The highest BCUT2D eigenvalue weighted by Gasteiger charge is 2.41. The molecule has 2 heterocycles. The zero-order valence-electron chi connectivity index (χ0n) is 14.2. The highest BCUT2D eigenvalue weighted by molar-refractivity contribution is 6.01. The number of hydrogen-bond donors (Lipinski definition) is 2. The van der Waals surface area contributed by atoms with Gasteiger partial charge in [-0.05, 0) is 17.7 Å². The number of rotatable bonds is 6. The van der Waals surface area contributed by atoms with E-state index < -0.39 is 23.3 Å². The number of carbonyl (C=O) groups is 2. The Labute approximate surface area is 148 Å². The van der Waals surface area contributed by atoms with Crippen LogP contribution in [0.4, 0.5) is 10.5 Å². The maximum atomic E-state index is 12.8. The van der Waals surface area contributed by atoms with Gasteiger partial charge in [-0.15, -0.1) is 0 Å². The minimum atomic E-state index is -0.680. The average Bonchev–Trinajstić information content (AvgIpc) is 2.94. The van der Waals surface area contributed by atoms with E-state index in [2.05, 4.69) is 10.6 Å². The van der Waals surface area contributed by atoms with Crippen molar-refractivity contribution in [2.24, 2.45) is 0 Å². The van der Waals surface area contributed by atoms with E-state index >= 15 is 0 Å². The number of benzene rings is 1. The number of non-ortho nitro benzene ring substituents is 1. The van der Waals surface area contributed by atoms with Gasteiger partial charge in [0.15, 0.2) is 6.29 Å². The van der Waals surface area contributed by atoms with Crippen molar-refractivity contribution in [2.75, 3.05) is 27.3 Å². The summed E-state index contributed by atoms with van der Waals surface area (Å²) in [6, 6.07) is 4.63. The lowest BCUT2D eigenvalue weighted by Gasteiger charge is -2.25. The molecule has 3 amide bonds. The molecule has 10 heteroatoms. The lowest BCUT2D eigenvalue weighted by molar-refractivity contribution is -0.384. The van der Waals surface area contributed by atoms with Gasteiger partial charge in [-0.1, -0.05) is 0 Å². The molecule has 0 unspecified atom stereocenters. The first-order chi connectivity index (χ1) is 12.4. The monoisotopic (exact) mass is 362 g/mol. The first-order valence-electron chi connectivity index (χ1n) is 7.84. The summed E-state index contributed by atoms with van der Waals surface area (Å²) >= 11 is 0. The van der Waals surface area contributed by atoms with Crippen LogP contribution in [0, 0.1) is 10.1 Å². The van der Waals surface area contributed by atoms with Crippen molar-refractivity contribution in [3.63, 3.8) is 0 Å². The Kier molecular flexibility index (Phi) is 4.87. The van der Waals surface area contributed by atoms with Crippen LogP contribution in [-0.2, 0) is 14.3 Å². The number of methoxy groups -OCH3 is 2. The van der Waals surface area contributed by atoms with Gasteiger partial charge in [0, 0.05) is 26.4 Å². The first kappa shape index (κ1) is 17.8. The SMILES string of the molecule is COC(CN1CC2=C(C1=O)[C@@H](c1ccc([N+](=O)[O-])cc1)NC(=O)N2)OC. The molecule has 3 rings (SSSR count). The number of carbonyl (C=O) groups excluding carboxylic acids is 2. The van der Waals surface area contributed by atoms with Crippen molar-refractivity contribution in [1.82, 2.24) is 15.5 Å². The third kappa shape index (κ3) is 3.24. The van der Waals surface area contributed by atoms with Gasteiger partial charge in [-0.3, -0.25) is 14.9 Å². The van der Waals surface area contributed by atoms with Gasteiger partial charge in [-0.25, -0.2) is 4.79 Å². The van der Waals surface area contributed by atoms with E-state index in [1.165, 1.54) is 43.4 Å². The van der Waals surface area contributed by atoms with E-state index in [0.29, 0.717) is 16.8 Å². The minimum absolute atomic E-state index is 0.0642. The van der Waals surface area contributed by atoms with Crippen molar-refractivity contribution in [2.45, 2.75) is 12.3 Å². The van der Waals surface area contributed by atoms with Gasteiger partial charge >= 0.3 is 6.03 Å². The second kappa shape index (κ2) is 7.10. The Morgan fingerprint density at radius 3 is 2.50 bits per heavy atom. The lowest BCUT2D eigenvalue weighted by atomic mass is 9.96. The summed E-state index contributed by atoms with van der Waals surface area (Å²) in [5, 5.41) is 16.2. The Hall–Kier alpha value is -2.98. The Balaban J connectivity index is 1.87. The van der Waals surface area contributed by atoms with Crippen LogP contribution >= 0.6 is 0 Å². The van der Waals surface area contributed by atoms with Gasteiger partial charge in [0.25, 0.3) is 11.6 Å². The molecule has 0 radical (unpaired) electrons. The quantitative estimate of drug-likeness (QED) is 0.435. The number of hydrogen-bond acceptors (Lipinski definition) is 6. The molecule has 0 bridgehead atoms. The van der Waals surface area contributed by atoms with E-state index in [1.54, 1.807) is 0 Å². The van der Waals surface area contributed by atoms with E-state index in [0.717, 1.165) is 0 Å². The van der Waals surface area contributed by atoms with Crippen LogP contribution in [0.3, 0.4) is 0 Å². The summed E-state index contributed by atoms with van der Waals surface area (Å²) in [4.78, 5) is 36.6. The van der Waals surface area contributed by atoms with E-state index in [1.807, 2.05) is 0 Å². The fourth-order valence-corrected chi connectivity index (χ4v) is 3.04. The number of nitrogens with one attached hydrogen (secondary N) is 2. The predicted molar refractivity (Wildman–Crippen MR) is 88.9 cm³/mol. The molecule has 0 saturated carbocycles. The predicted octanol–water partition coefficient (Wildman–Crippen LogP) is 0.664. The summed E-state index contributed by atoms with van der Waals surface area (Å²) in [6.45, 7) is 0.440. The maximum absolute atomic E-state index is 12.8. The fraction of sp³-hybridized carbons (Fsp3) is 0.375. The number of amides is 3. The van der Waals surface area contributed by atoms with Gasteiger partial charge in [0.2, 0.25) is 0 Å². The van der Waals surface area contributed by atoms with Crippen molar-refractivity contribution >= 4 is 17.6 Å². The van der Waals surface area contributed by atoms with Crippen LogP contribution in [0.15, 0.2) is 35.5 Å². The van der Waals surface area contributed by atoms with Crippen molar-refractivity contribution in [3.8, 4) is 0 Å². The van der Waals surface area contributed by atoms with Crippen LogP contribution in [-0.4, -0.2) is 55.4 Å². The second-order valence-electron chi connectivity index (χ2n) is 5.86. The summed E-state index contributed by atoms with van der Waals surface area (Å²) in [5.41, 5.74) is 1.44. The molecular weight excluding hydrogens is 344 g/mol. The summed E-state index contributed by atoms with van der Waals surface area (Å²) in [5.74, 6) is -0.255. The Bertz CT molecular complexity index is 771. The highest BCUT2D eigenvalue weighted by atomic mass is 16.7. The van der Waals surface area contributed by atoms with Crippen LogP contribution in [0.1, 0.15) is 11.6 Å². The molecule has 10 nitrogen and oxygen atoms in total. The highest BCUT2D eigenvalue weighted by Crippen LogP contribution is 2.33. The zero-order valence-corrected chi connectivity index (χ0v) is 14.2. The maximum Gasteiger partial charge on any atom is 0.319 e. The molecule has 0 spiro atoms. The number of nitro groups is 1. The van der Waals surface area contributed by atoms with Gasteiger partial charge in [0.05, 0.1) is 35.3 Å². The van der Waals surface area contributed by atoms with E-state index in [4.69, 9.17) is 9.47 Å². The fourth-order valence-electron chi connectivity index (χ4n) is 3.04. The third-order valence-corrected chi connectivity index (χ3v) is 4.35. The molecule has 0 aliphatic carbocycles. The van der Waals surface area contributed by atoms with Crippen molar-refractivity contribution in [1.29, 1.82) is 0 Å². The van der Waals surface area contributed by atoms with Crippen molar-refractivity contribution < 1.29 is 24.0 Å². The molecule has 2 aliphatic rings. The molecule has 1 aromatic carbocycles. The Morgan fingerprint density at radius 1 is 1.27 bits per heavy atom. The standard InChI is InChI=1S/C16H18N4O6/c1-25-12(26-2)8-19-7-11-13(15(19)21)14(18-16(22)17-11)9-3-5-10(6-4-9)20(23)24/h3-6,12,14H,7-8H2,1-2H3,(H2,17,18,22)/t14-/m1/s1. The molecule has 26 heavy (non-hydrogen) atoms. The zero-order chi connectivity index (χ0) is 18.8. The third-order valence-electron chi connectivity index (χ3n) is 4.35. The Morgan fingerprint density at radius 2 is 1.92 bits per heavy atom. The molecule has 0 saturated heterocycles. The van der Waals surface area contributed by atoms with Gasteiger partial charge < -0.3 is 25.0 Å². The molecule has 1 aromatic rings. The van der Waals surface area contributed by atoms with Gasteiger partial charge in [-0.2, -0.15) is 0 Å². The molecule has 2 N–H and O–H groups in total. The van der Waals surface area contributed by atoms with E-state index in [9.17, 15) is 19.7 Å². The summed E-state index contributed by atoms with van der Waals surface area (Å²) in [6.07, 6.45) is -0.582. The molecule has 2 aliphatic heterocycles. The largest absolute Gasteiger partial charge is 0.354 e. The topological polar surface area (TPSA) is 123 Å². The molecule has 0 aromatic heterocycles. The number of urea groups is 1. The lowest BCUT2D eigenvalue weighted by Crippen LogP contribution is -2.44. The smallest absolute Gasteiger partial charge is 0.319 e. The summed E-state index contributed by atoms with van der Waals surface area (Å²) < 4.78 is 10.3. The van der Waals surface area contributed by atoms with Crippen LogP contribution in [0.25, 0.3) is 0 Å². The van der Waals surface area contributed by atoms with Crippen LogP contribution < -0.4 is 10.6 Å². The number of nitro benzene ring substituents is 1. The molecule has 0 fully saturated rings. The molecule has 138 valence electrons. The first-order valence-corrected chi connectivity index (χ1v) is 7.84. The van der Waals surface area contributed by atoms with E-state index in [-0.39, 0.29) is 24.7 Å². The van der Waals surface area contributed by atoms with Crippen LogP contribution in [0.5, 0.6) is 0 Å². The number of nitrogens with zero attached hydrogens (tertiary/aromatic N) is 2. The normalized spacial score (nSPS) is 19.5.